The summed E-state index contributed by atoms with van der Waals surface area (Å²) in [7, 11) is 0. The van der Waals surface area contributed by atoms with Gasteiger partial charge >= 0.3 is 5.97 Å². The number of carboxylic acid groups (broad SMARTS) is 1. The fourth-order valence-electron chi connectivity index (χ4n) is 12.6. The van der Waals surface area contributed by atoms with E-state index in [1.54, 1.807) is 74.5 Å². The molecule has 3 aromatic heterocycles. The maximum atomic E-state index is 15.1. The molecule has 6 aromatic rings. The molecule has 3 aromatic carbocycles. The van der Waals surface area contributed by atoms with Crippen LogP contribution in [0.1, 0.15) is 142 Å². The standard InChI is InChI=1S/C79H101ClN16O15/c1-48(2)39-62(72(103)91-61(24-7-10-32-81)78(109)96-38-16-25-67(96)77(108)87-49(3)79(110)111)92-71(102)60(23-9-12-37-86-69(100)57-21-15-35-84-46-57)89-70(101)59(22-8-11-36-85-68(99)56-20-14-34-83-45-56)90-76(107)66(47-97)95-75(106)65(43-53-17-13-33-82-44-53)94-74(105)64(41-51-27-30-58(80)31-28-51)93-73(104)63(88-50(4)98)42-52-26-29-54-18-5-6-19-55(54)40-52/h5-6,13-15,17-21,26-31,33-35,40,44-46,48-49,59-67,97H,7-12,16,22-25,32,36-39,41-43,47,81H2,1-4H3,(H,85,99)(H,86,100)(H,87,108)(H,88,98)(H,89,101)(H,90,107)(H,91,103)(H,92,102)(H,93,104)(H,94,105)(H,95,106)(H,110,111)/t49-,59-,60-,61-,62-,63-,64-,65-,66-,67+/m0/s1. The summed E-state index contributed by atoms with van der Waals surface area (Å²) in [6.07, 6.45) is 10.4. The molecule has 111 heavy (non-hydrogen) atoms. The van der Waals surface area contributed by atoms with E-state index in [1.807, 2.05) is 42.5 Å². The highest BCUT2D eigenvalue weighted by Gasteiger charge is 2.40. The summed E-state index contributed by atoms with van der Waals surface area (Å²) in [6, 6.07) is 15.3. The van der Waals surface area contributed by atoms with Crippen molar-refractivity contribution in [3.8, 4) is 0 Å². The van der Waals surface area contributed by atoms with Crippen molar-refractivity contribution in [2.75, 3.05) is 32.8 Å². The number of benzene rings is 3. The van der Waals surface area contributed by atoms with Gasteiger partial charge in [-0.25, -0.2) is 0 Å². The molecule has 0 spiro atoms. The number of aliphatic hydroxyl groups is 1. The van der Waals surface area contributed by atoms with E-state index in [4.69, 9.17) is 17.3 Å². The molecule has 0 unspecified atom stereocenters. The average Bonchev–Trinajstić information content (AvgIpc) is 1.69. The normalized spacial score (nSPS) is 14.9. The van der Waals surface area contributed by atoms with Crippen molar-refractivity contribution in [1.82, 2.24) is 78.3 Å². The van der Waals surface area contributed by atoms with E-state index in [9.17, 15) is 63.0 Å². The molecule has 1 aliphatic heterocycles. The SMILES string of the molecule is CC(=O)N[C@@H](Cc1ccc2ccccc2c1)C(=O)N[C@@H](Cc1ccc(Cl)cc1)C(=O)N[C@@H](Cc1cccnc1)C(=O)N[C@@H](CO)C(=O)N[C@@H](CCCCNC(=O)c1cccnc1)C(=O)N[C@@H](CCCCNC(=O)c1cccnc1)C(=O)N[C@@H](CC(C)C)C(=O)N[C@@H](CCCCN)C(=O)N1CCC[C@@H]1C(=O)N[C@@H](C)C(=O)O. The monoisotopic (exact) mass is 1550 g/mol. The van der Waals surface area contributed by atoms with Gasteiger partial charge in [-0.1, -0.05) is 86.1 Å². The van der Waals surface area contributed by atoms with Crippen molar-refractivity contribution in [3.05, 3.63) is 173 Å². The number of aromatic nitrogens is 3. The third-order valence-electron chi connectivity index (χ3n) is 18.5. The Kier molecular flexibility index (Phi) is 35.2. The van der Waals surface area contributed by atoms with Crippen LogP contribution >= 0.6 is 11.6 Å². The largest absolute Gasteiger partial charge is 0.480 e. The van der Waals surface area contributed by atoms with E-state index in [0.29, 0.717) is 46.5 Å². The van der Waals surface area contributed by atoms with Crippen molar-refractivity contribution in [2.45, 2.75) is 184 Å². The summed E-state index contributed by atoms with van der Waals surface area (Å²) in [5.74, 6) is -10.5. The van der Waals surface area contributed by atoms with Gasteiger partial charge in [-0.15, -0.1) is 0 Å². The Bertz CT molecular complexity index is 4130. The number of hydrogen-bond donors (Lipinski definition) is 14. The molecule has 12 amide bonds. The lowest BCUT2D eigenvalue weighted by molar-refractivity contribution is -0.144. The molecule has 1 saturated heterocycles. The van der Waals surface area contributed by atoms with Crippen LogP contribution in [-0.2, 0) is 72.0 Å². The van der Waals surface area contributed by atoms with Crippen molar-refractivity contribution < 1.29 is 72.5 Å². The number of rotatable bonds is 44. The number of aliphatic carboxylic acids is 1. The Balaban J connectivity index is 1.15. The number of nitrogens with one attached hydrogen (secondary N) is 11. The first kappa shape index (κ1) is 86.9. The van der Waals surface area contributed by atoms with Crippen LogP contribution in [0.5, 0.6) is 0 Å². The fraction of sp³-hybridized carbons (Fsp3) is 0.443. The number of halogens is 1. The first-order chi connectivity index (χ1) is 53.3. The molecule has 0 radical (unpaired) electrons. The van der Waals surface area contributed by atoms with Crippen LogP contribution in [0.3, 0.4) is 0 Å². The zero-order chi connectivity index (χ0) is 80.4. The number of pyridine rings is 3. The van der Waals surface area contributed by atoms with Crippen LogP contribution in [-0.4, -0.2) is 200 Å². The number of amides is 12. The van der Waals surface area contributed by atoms with Crippen LogP contribution in [0.4, 0.5) is 0 Å². The minimum atomic E-state index is -1.84. The van der Waals surface area contributed by atoms with Crippen LogP contribution < -0.4 is 64.2 Å². The zero-order valence-corrected chi connectivity index (χ0v) is 63.5. The quantitative estimate of drug-likeness (QED) is 0.0244. The van der Waals surface area contributed by atoms with Crippen LogP contribution in [0.25, 0.3) is 10.8 Å². The number of nitrogens with zero attached hydrogens (tertiary/aromatic N) is 4. The highest BCUT2D eigenvalue weighted by molar-refractivity contribution is 6.30. The number of fused-ring (bicyclic) bond motifs is 1. The lowest BCUT2D eigenvalue weighted by atomic mass is 9.99. The number of carbonyl (C=O) groups excluding carboxylic acids is 12. The van der Waals surface area contributed by atoms with Gasteiger partial charge in [-0.2, -0.15) is 0 Å². The first-order valence-corrected chi connectivity index (χ1v) is 37.7. The van der Waals surface area contributed by atoms with Crippen LogP contribution in [0, 0.1) is 5.92 Å². The van der Waals surface area contributed by atoms with Crippen molar-refractivity contribution in [3.63, 3.8) is 0 Å². The van der Waals surface area contributed by atoms with E-state index >= 15 is 9.59 Å². The fourth-order valence-corrected chi connectivity index (χ4v) is 12.7. The second-order valence-corrected chi connectivity index (χ2v) is 28.2. The van der Waals surface area contributed by atoms with Crippen molar-refractivity contribution in [2.24, 2.45) is 11.7 Å². The number of carbonyl (C=O) groups is 13. The van der Waals surface area contributed by atoms with Gasteiger partial charge in [0.15, 0.2) is 0 Å². The van der Waals surface area contributed by atoms with Crippen LogP contribution in [0.2, 0.25) is 5.02 Å². The van der Waals surface area contributed by atoms with Crippen LogP contribution in [0.15, 0.2) is 140 Å². The minimum Gasteiger partial charge on any atom is -0.480 e. The minimum absolute atomic E-state index is 0.00935. The zero-order valence-electron chi connectivity index (χ0n) is 62.7. The van der Waals surface area contributed by atoms with Crippen molar-refractivity contribution in [1.29, 1.82) is 0 Å². The first-order valence-electron chi connectivity index (χ1n) is 37.3. The molecule has 594 valence electrons. The summed E-state index contributed by atoms with van der Waals surface area (Å²) >= 11 is 6.26. The number of likely N-dealkylation sites (tertiary alicyclic amines) is 1. The third kappa shape index (κ3) is 28.6. The number of carboxylic acids is 1. The predicted molar refractivity (Wildman–Crippen MR) is 412 cm³/mol. The molecule has 32 heteroatoms. The Labute approximate surface area is 649 Å². The number of nitrogens with two attached hydrogens (primary N) is 1. The molecule has 0 aliphatic carbocycles. The van der Waals surface area contributed by atoms with E-state index in [-0.39, 0.29) is 115 Å². The molecule has 1 aliphatic rings. The van der Waals surface area contributed by atoms with Gasteiger partial charge in [-0.05, 0) is 166 Å². The topological polar surface area (TPSA) is 463 Å². The summed E-state index contributed by atoms with van der Waals surface area (Å²) in [5, 5.41) is 52.5. The molecule has 15 N–H and O–H groups in total. The lowest BCUT2D eigenvalue weighted by Gasteiger charge is -2.31. The van der Waals surface area contributed by atoms with E-state index in [1.165, 1.54) is 55.9 Å². The number of aliphatic hydroxyl groups excluding tert-OH is 1. The molecule has 1 fully saturated rings. The van der Waals surface area contributed by atoms with Gasteiger partial charge in [0.25, 0.3) is 11.8 Å². The lowest BCUT2D eigenvalue weighted by Crippen LogP contribution is -2.61. The highest BCUT2D eigenvalue weighted by atomic mass is 35.5. The van der Waals surface area contributed by atoms with Gasteiger partial charge < -0.3 is 79.3 Å². The summed E-state index contributed by atoms with van der Waals surface area (Å²) < 4.78 is 0. The summed E-state index contributed by atoms with van der Waals surface area (Å²) in [5.41, 5.74) is 8.09. The van der Waals surface area contributed by atoms with Gasteiger partial charge in [0.1, 0.15) is 60.4 Å². The molecular formula is C79H101ClN16O15. The molecular weight excluding hydrogens is 1450 g/mol. The Hall–Kier alpha value is -11.3. The highest BCUT2D eigenvalue weighted by Crippen LogP contribution is 2.23. The maximum Gasteiger partial charge on any atom is 0.325 e. The van der Waals surface area contributed by atoms with Gasteiger partial charge in [0.2, 0.25) is 59.1 Å². The second kappa shape index (κ2) is 45.0. The Morgan fingerprint density at radius 2 is 0.955 bits per heavy atom. The summed E-state index contributed by atoms with van der Waals surface area (Å²) in [6.45, 7) is 5.64. The summed E-state index contributed by atoms with van der Waals surface area (Å²) in [4.78, 5) is 196. The molecule has 31 nitrogen and oxygen atoms in total. The second-order valence-electron chi connectivity index (χ2n) is 27.8. The molecule has 0 saturated carbocycles. The van der Waals surface area contributed by atoms with Crippen molar-refractivity contribution >= 4 is 99.2 Å². The molecule has 0 bridgehead atoms. The Morgan fingerprint density at radius 3 is 1.48 bits per heavy atom. The third-order valence-corrected chi connectivity index (χ3v) is 18.8. The van der Waals surface area contributed by atoms with E-state index in [0.717, 1.165) is 10.8 Å². The molecule has 7 rings (SSSR count). The maximum absolute atomic E-state index is 15.1. The van der Waals surface area contributed by atoms with Gasteiger partial charge in [0.05, 0.1) is 17.7 Å². The molecule has 4 heterocycles. The average molecular weight is 1550 g/mol. The smallest absolute Gasteiger partial charge is 0.325 e. The van der Waals surface area contributed by atoms with Gasteiger partial charge in [0, 0.05) is 88.0 Å². The predicted octanol–water partition coefficient (Wildman–Crippen LogP) is 2.55. The number of hydrogen-bond acceptors (Lipinski definition) is 18. The Morgan fingerprint density at radius 1 is 0.495 bits per heavy atom. The molecule has 10 atom stereocenters. The van der Waals surface area contributed by atoms with E-state index in [2.05, 4.69) is 73.4 Å². The van der Waals surface area contributed by atoms with E-state index < -0.39 is 144 Å². The van der Waals surface area contributed by atoms with Gasteiger partial charge in [-0.3, -0.25) is 77.3 Å². The number of unbranched alkanes of at least 4 members (excludes halogenated alkanes) is 3.